The molecular formula is C12H13N3S. The zero-order valence-corrected chi connectivity index (χ0v) is 9.65. The minimum atomic E-state index is 0.693. The molecule has 1 saturated heterocycles. The predicted molar refractivity (Wildman–Crippen MR) is 64.4 cm³/mol. The minimum absolute atomic E-state index is 0.693. The summed E-state index contributed by atoms with van der Waals surface area (Å²) in [4.78, 5) is 4.31. The lowest BCUT2D eigenvalue weighted by Gasteiger charge is -2.09. The number of aromatic nitrogens is 2. The second-order valence-electron chi connectivity index (χ2n) is 4.67. The third-order valence-electron chi connectivity index (χ3n) is 3.85. The van der Waals surface area contributed by atoms with Crippen LogP contribution < -0.4 is 5.32 Å². The molecule has 3 heterocycles. The molecule has 0 bridgehead atoms. The fourth-order valence-electron chi connectivity index (χ4n) is 2.97. The lowest BCUT2D eigenvalue weighted by Crippen LogP contribution is -2.16. The maximum atomic E-state index is 4.31. The van der Waals surface area contributed by atoms with Crippen molar-refractivity contribution in [3.63, 3.8) is 0 Å². The van der Waals surface area contributed by atoms with Crippen molar-refractivity contribution in [1.82, 2.24) is 14.9 Å². The Morgan fingerprint density at radius 3 is 3.00 bits per heavy atom. The number of nitrogens with one attached hydrogen (secondary N) is 1. The summed E-state index contributed by atoms with van der Waals surface area (Å²) in [6, 6.07) is 2.87. The number of hydrogen-bond acceptors (Lipinski definition) is 3. The van der Waals surface area contributed by atoms with Crippen molar-refractivity contribution < 1.29 is 0 Å². The highest BCUT2D eigenvalue weighted by Gasteiger charge is 2.54. The average Bonchev–Trinajstić information content (AvgIpc) is 2.89. The van der Waals surface area contributed by atoms with E-state index in [-0.39, 0.29) is 0 Å². The highest BCUT2D eigenvalue weighted by atomic mass is 32.1. The van der Waals surface area contributed by atoms with Crippen LogP contribution in [-0.2, 0) is 0 Å². The lowest BCUT2D eigenvalue weighted by molar-refractivity contribution is 0.573. The molecule has 82 valence electrons. The van der Waals surface area contributed by atoms with Crippen molar-refractivity contribution in [3.8, 4) is 11.3 Å². The van der Waals surface area contributed by atoms with Crippen LogP contribution in [0.15, 0.2) is 29.4 Å². The van der Waals surface area contributed by atoms with Crippen LogP contribution in [0.1, 0.15) is 6.04 Å². The van der Waals surface area contributed by atoms with Gasteiger partial charge in [-0.15, -0.1) is 0 Å². The molecule has 3 nitrogen and oxygen atoms in total. The third-order valence-corrected chi connectivity index (χ3v) is 4.53. The Morgan fingerprint density at radius 2 is 2.25 bits per heavy atom. The monoisotopic (exact) mass is 231 g/mol. The molecular weight excluding hydrogens is 218 g/mol. The Hall–Kier alpha value is -1.13. The van der Waals surface area contributed by atoms with Crippen LogP contribution in [0.4, 0.5) is 0 Å². The first-order valence-corrected chi connectivity index (χ1v) is 6.64. The zero-order chi connectivity index (χ0) is 10.5. The summed E-state index contributed by atoms with van der Waals surface area (Å²) in [6.45, 7) is 2.35. The van der Waals surface area contributed by atoms with Crippen LogP contribution in [-0.4, -0.2) is 22.6 Å². The molecule has 2 fully saturated rings. The van der Waals surface area contributed by atoms with E-state index in [2.05, 4.69) is 31.7 Å². The molecule has 2 atom stereocenters. The van der Waals surface area contributed by atoms with E-state index in [0.29, 0.717) is 6.04 Å². The van der Waals surface area contributed by atoms with Gasteiger partial charge in [0, 0.05) is 30.1 Å². The van der Waals surface area contributed by atoms with E-state index in [9.17, 15) is 0 Å². The molecule has 16 heavy (non-hydrogen) atoms. The van der Waals surface area contributed by atoms with Crippen molar-refractivity contribution in [2.45, 2.75) is 6.04 Å². The summed E-state index contributed by atoms with van der Waals surface area (Å²) in [5, 5.41) is 7.76. The van der Waals surface area contributed by atoms with Crippen LogP contribution in [0.2, 0.25) is 0 Å². The lowest BCUT2D eigenvalue weighted by atomic mass is 10.2. The molecule has 1 N–H and O–H groups in total. The van der Waals surface area contributed by atoms with Crippen LogP contribution in [0, 0.1) is 11.8 Å². The van der Waals surface area contributed by atoms with Gasteiger partial charge < -0.3 is 9.88 Å². The normalized spacial score (nSPS) is 31.6. The molecule has 4 rings (SSSR count). The Kier molecular flexibility index (Phi) is 1.78. The number of piperidine rings is 1. The summed E-state index contributed by atoms with van der Waals surface area (Å²) in [6.07, 6.45) is 3.99. The molecule has 1 saturated carbocycles. The van der Waals surface area contributed by atoms with Gasteiger partial charge in [0.1, 0.15) is 0 Å². The summed E-state index contributed by atoms with van der Waals surface area (Å²) >= 11 is 1.75. The van der Waals surface area contributed by atoms with E-state index in [1.165, 1.54) is 24.3 Å². The van der Waals surface area contributed by atoms with E-state index in [0.717, 1.165) is 11.8 Å². The van der Waals surface area contributed by atoms with Gasteiger partial charge in [0.25, 0.3) is 0 Å². The van der Waals surface area contributed by atoms with E-state index in [1.807, 2.05) is 12.5 Å². The molecule has 2 aromatic rings. The van der Waals surface area contributed by atoms with Crippen LogP contribution in [0.25, 0.3) is 11.3 Å². The fourth-order valence-corrected chi connectivity index (χ4v) is 3.62. The van der Waals surface area contributed by atoms with Crippen molar-refractivity contribution >= 4 is 11.3 Å². The first-order valence-electron chi connectivity index (χ1n) is 5.70. The maximum absolute atomic E-state index is 4.31. The predicted octanol–water partition coefficient (Wildman–Crippen LogP) is 2.00. The van der Waals surface area contributed by atoms with Crippen LogP contribution in [0.3, 0.4) is 0 Å². The number of rotatable bonds is 2. The molecule has 0 spiro atoms. The highest BCUT2D eigenvalue weighted by molar-refractivity contribution is 7.08. The van der Waals surface area contributed by atoms with Crippen molar-refractivity contribution in [2.75, 3.05) is 13.1 Å². The van der Waals surface area contributed by atoms with Gasteiger partial charge in [-0.05, 0) is 23.3 Å². The largest absolute Gasteiger partial charge is 0.327 e. The van der Waals surface area contributed by atoms with E-state index >= 15 is 0 Å². The number of imidazole rings is 1. The van der Waals surface area contributed by atoms with Gasteiger partial charge in [-0.1, -0.05) is 0 Å². The zero-order valence-electron chi connectivity index (χ0n) is 8.84. The van der Waals surface area contributed by atoms with Gasteiger partial charge in [-0.25, -0.2) is 4.98 Å². The van der Waals surface area contributed by atoms with Gasteiger partial charge in [0.15, 0.2) is 0 Å². The van der Waals surface area contributed by atoms with Crippen molar-refractivity contribution in [3.05, 3.63) is 29.4 Å². The van der Waals surface area contributed by atoms with E-state index < -0.39 is 0 Å². The Balaban J connectivity index is 1.72. The van der Waals surface area contributed by atoms with Gasteiger partial charge in [0.2, 0.25) is 0 Å². The van der Waals surface area contributed by atoms with Crippen LogP contribution >= 0.6 is 11.3 Å². The fraction of sp³-hybridized carbons (Fsp3) is 0.417. The Labute approximate surface area is 98.1 Å². The van der Waals surface area contributed by atoms with Crippen LogP contribution in [0.5, 0.6) is 0 Å². The maximum Gasteiger partial charge on any atom is 0.0953 e. The number of nitrogens with zero attached hydrogens (tertiary/aromatic N) is 2. The molecule has 2 aliphatic rings. The summed E-state index contributed by atoms with van der Waals surface area (Å²) in [7, 11) is 0. The molecule has 2 unspecified atom stereocenters. The second-order valence-corrected chi connectivity index (χ2v) is 5.45. The van der Waals surface area contributed by atoms with Gasteiger partial charge in [-0.2, -0.15) is 11.3 Å². The van der Waals surface area contributed by atoms with E-state index in [4.69, 9.17) is 0 Å². The molecule has 1 aliphatic carbocycles. The first kappa shape index (κ1) is 8.96. The van der Waals surface area contributed by atoms with Gasteiger partial charge in [-0.3, -0.25) is 0 Å². The number of thiophene rings is 1. The number of fused-ring (bicyclic) bond motifs is 1. The third kappa shape index (κ3) is 1.14. The van der Waals surface area contributed by atoms with Crippen molar-refractivity contribution in [1.29, 1.82) is 0 Å². The summed E-state index contributed by atoms with van der Waals surface area (Å²) in [5.74, 6) is 1.68. The molecule has 0 aromatic carbocycles. The summed E-state index contributed by atoms with van der Waals surface area (Å²) < 4.78 is 2.37. The minimum Gasteiger partial charge on any atom is -0.327 e. The second kappa shape index (κ2) is 3.18. The standard InChI is InChI=1S/C12H13N3S/c1-2-16-6-8(1)11-5-14-7-15(11)12-9-3-13-4-10(9)12/h1-2,5-7,9-10,12-13H,3-4H2. The number of hydrogen-bond donors (Lipinski definition) is 1. The Bertz CT molecular complexity index is 492. The molecule has 0 amide bonds. The Morgan fingerprint density at radius 1 is 1.38 bits per heavy atom. The molecule has 0 radical (unpaired) electrons. The van der Waals surface area contributed by atoms with E-state index in [1.54, 1.807) is 11.3 Å². The van der Waals surface area contributed by atoms with Gasteiger partial charge >= 0.3 is 0 Å². The van der Waals surface area contributed by atoms with Crippen molar-refractivity contribution in [2.24, 2.45) is 11.8 Å². The van der Waals surface area contributed by atoms with Gasteiger partial charge in [0.05, 0.1) is 18.2 Å². The highest BCUT2D eigenvalue weighted by Crippen LogP contribution is 2.53. The SMILES string of the molecule is c1cc(-c2cncn2C2C3CNCC32)cs1. The first-order chi connectivity index (χ1) is 7.95. The molecule has 1 aliphatic heterocycles. The molecule has 4 heteroatoms. The summed E-state index contributed by atoms with van der Waals surface area (Å²) in [5.41, 5.74) is 2.58. The smallest absolute Gasteiger partial charge is 0.0953 e. The topological polar surface area (TPSA) is 29.9 Å². The average molecular weight is 231 g/mol. The quantitative estimate of drug-likeness (QED) is 0.856. The molecule has 2 aromatic heterocycles.